The molecule has 23 heavy (non-hydrogen) atoms. The van der Waals surface area contributed by atoms with Gasteiger partial charge in [0.2, 0.25) is 0 Å². The van der Waals surface area contributed by atoms with Crippen molar-refractivity contribution in [2.24, 2.45) is 0 Å². The van der Waals surface area contributed by atoms with Crippen LogP contribution >= 0.6 is 22.7 Å². The van der Waals surface area contributed by atoms with E-state index < -0.39 is 0 Å². The molecule has 0 aliphatic carbocycles. The van der Waals surface area contributed by atoms with Gasteiger partial charge in [0.25, 0.3) is 5.91 Å². The molecule has 3 aromatic rings. The van der Waals surface area contributed by atoms with Crippen molar-refractivity contribution in [3.63, 3.8) is 0 Å². The van der Waals surface area contributed by atoms with Crippen LogP contribution in [0.3, 0.4) is 0 Å². The van der Waals surface area contributed by atoms with Crippen LogP contribution in [0.1, 0.15) is 26.5 Å². The van der Waals surface area contributed by atoms with Crippen LogP contribution in [0, 0.1) is 20.8 Å². The maximum Gasteiger partial charge on any atom is 0.305 e. The Morgan fingerprint density at radius 2 is 2.00 bits per heavy atom. The number of aromatic nitrogens is 2. The summed E-state index contributed by atoms with van der Waals surface area (Å²) in [4.78, 5) is 30.7. The predicted molar refractivity (Wildman–Crippen MR) is 94.7 cm³/mol. The van der Waals surface area contributed by atoms with Crippen LogP contribution in [-0.4, -0.2) is 15.9 Å². The zero-order valence-corrected chi connectivity index (χ0v) is 14.5. The molecule has 0 aliphatic rings. The smallest absolute Gasteiger partial charge is 0.305 e. The average molecular weight is 345 g/mol. The predicted octanol–water partition coefficient (Wildman–Crippen LogP) is 3.74. The molecule has 7 heteroatoms. The highest BCUT2D eigenvalue weighted by molar-refractivity contribution is 7.14. The summed E-state index contributed by atoms with van der Waals surface area (Å²) < 4.78 is 0. The number of thiazole rings is 2. The van der Waals surface area contributed by atoms with Gasteiger partial charge in [-0.15, -0.1) is 11.3 Å². The van der Waals surface area contributed by atoms with Crippen molar-refractivity contribution in [2.75, 3.05) is 5.32 Å². The molecule has 2 heterocycles. The van der Waals surface area contributed by atoms with Gasteiger partial charge >= 0.3 is 4.87 Å². The first-order valence-electron chi connectivity index (χ1n) is 6.98. The number of nitrogens with one attached hydrogen (secondary N) is 2. The number of hydrogen-bond acceptors (Lipinski definition) is 5. The third-order valence-electron chi connectivity index (χ3n) is 3.56. The van der Waals surface area contributed by atoms with E-state index in [9.17, 15) is 9.59 Å². The van der Waals surface area contributed by atoms with E-state index in [-0.39, 0.29) is 10.8 Å². The molecule has 2 aromatic heterocycles. The molecular weight excluding hydrogens is 330 g/mol. The third-order valence-corrected chi connectivity index (χ3v) is 5.30. The van der Waals surface area contributed by atoms with Crippen molar-refractivity contribution in [3.05, 3.63) is 54.9 Å². The number of benzene rings is 1. The minimum absolute atomic E-state index is 0.234. The van der Waals surface area contributed by atoms with Crippen LogP contribution in [0.15, 0.2) is 28.4 Å². The standard InChI is InChI=1S/C16H15N3O2S2/c1-8-4-5-11(6-9(8)2)12-7-22-15(18-12)19-14(20)13-10(3)17-16(21)23-13/h4-7H,1-3H3,(H,17,21)(H,18,19,20). The Morgan fingerprint density at radius 1 is 1.22 bits per heavy atom. The lowest BCUT2D eigenvalue weighted by Gasteiger charge is -2.02. The van der Waals surface area contributed by atoms with Crippen molar-refractivity contribution in [3.8, 4) is 11.3 Å². The number of hydrogen-bond donors (Lipinski definition) is 2. The van der Waals surface area contributed by atoms with Crippen molar-refractivity contribution < 1.29 is 4.79 Å². The van der Waals surface area contributed by atoms with E-state index in [0.717, 1.165) is 22.6 Å². The van der Waals surface area contributed by atoms with Gasteiger partial charge in [-0.1, -0.05) is 23.5 Å². The van der Waals surface area contributed by atoms with Crippen LogP contribution in [0.2, 0.25) is 0 Å². The number of carbonyl (C=O) groups excluding carboxylic acids is 1. The molecule has 0 fully saturated rings. The van der Waals surface area contributed by atoms with Crippen LogP contribution in [-0.2, 0) is 0 Å². The van der Waals surface area contributed by atoms with Crippen molar-refractivity contribution in [1.82, 2.24) is 9.97 Å². The SMILES string of the molecule is Cc1ccc(-c2csc(NC(=O)c3sc(=O)[nH]c3C)n2)cc1C. The molecule has 0 aliphatic heterocycles. The summed E-state index contributed by atoms with van der Waals surface area (Å²) in [5, 5.41) is 5.17. The van der Waals surface area contributed by atoms with Gasteiger partial charge < -0.3 is 4.98 Å². The highest BCUT2D eigenvalue weighted by Gasteiger charge is 2.15. The summed E-state index contributed by atoms with van der Waals surface area (Å²) in [6.45, 7) is 5.83. The Balaban J connectivity index is 1.82. The lowest BCUT2D eigenvalue weighted by molar-refractivity contribution is 0.103. The number of carbonyl (C=O) groups is 1. The topological polar surface area (TPSA) is 74.8 Å². The van der Waals surface area contributed by atoms with Crippen LogP contribution in [0.4, 0.5) is 5.13 Å². The lowest BCUT2D eigenvalue weighted by Crippen LogP contribution is -2.11. The van der Waals surface area contributed by atoms with Gasteiger partial charge in [-0.2, -0.15) is 0 Å². The Kier molecular flexibility index (Phi) is 4.14. The monoisotopic (exact) mass is 345 g/mol. The number of rotatable bonds is 3. The third kappa shape index (κ3) is 3.25. The van der Waals surface area contributed by atoms with Crippen LogP contribution in [0.25, 0.3) is 11.3 Å². The fourth-order valence-corrected chi connectivity index (χ4v) is 3.59. The summed E-state index contributed by atoms with van der Waals surface area (Å²) in [6.07, 6.45) is 0. The largest absolute Gasteiger partial charge is 0.316 e. The highest BCUT2D eigenvalue weighted by Crippen LogP contribution is 2.27. The van der Waals surface area contributed by atoms with Crippen molar-refractivity contribution in [1.29, 1.82) is 0 Å². The first-order chi connectivity index (χ1) is 10.9. The Morgan fingerprint density at radius 3 is 2.65 bits per heavy atom. The minimum Gasteiger partial charge on any atom is -0.316 e. The molecule has 0 spiro atoms. The number of aromatic amines is 1. The molecule has 1 aromatic carbocycles. The van der Waals surface area contributed by atoms with Gasteiger partial charge in [-0.25, -0.2) is 4.98 Å². The molecular formula is C16H15N3O2S2. The molecule has 5 nitrogen and oxygen atoms in total. The van der Waals surface area contributed by atoms with Crippen molar-refractivity contribution >= 4 is 33.7 Å². The van der Waals surface area contributed by atoms with E-state index in [4.69, 9.17) is 0 Å². The zero-order valence-electron chi connectivity index (χ0n) is 12.9. The molecule has 0 saturated carbocycles. The van der Waals surface area contributed by atoms with Gasteiger partial charge in [0, 0.05) is 16.6 Å². The number of nitrogens with zero attached hydrogens (tertiary/aromatic N) is 1. The fraction of sp³-hybridized carbons (Fsp3) is 0.188. The number of amides is 1. The van der Waals surface area contributed by atoms with Gasteiger partial charge in [0.1, 0.15) is 4.88 Å². The summed E-state index contributed by atoms with van der Waals surface area (Å²) in [6, 6.07) is 6.16. The number of anilines is 1. The summed E-state index contributed by atoms with van der Waals surface area (Å²) in [5.74, 6) is -0.313. The first-order valence-corrected chi connectivity index (χ1v) is 8.68. The normalized spacial score (nSPS) is 10.7. The Labute approximate surface area is 141 Å². The molecule has 118 valence electrons. The second-order valence-corrected chi connectivity index (χ2v) is 7.10. The second-order valence-electron chi connectivity index (χ2n) is 5.26. The summed E-state index contributed by atoms with van der Waals surface area (Å²) in [7, 11) is 0. The molecule has 0 saturated heterocycles. The zero-order chi connectivity index (χ0) is 16.6. The molecule has 1 amide bonds. The van der Waals surface area contributed by atoms with E-state index in [0.29, 0.717) is 15.7 Å². The minimum atomic E-state index is -0.313. The number of aryl methyl sites for hydroxylation is 3. The summed E-state index contributed by atoms with van der Waals surface area (Å²) >= 11 is 2.27. The molecule has 2 N–H and O–H groups in total. The Bertz CT molecular complexity index is 937. The lowest BCUT2D eigenvalue weighted by atomic mass is 10.1. The van der Waals surface area contributed by atoms with Gasteiger partial charge in [-0.05, 0) is 38.0 Å². The van der Waals surface area contributed by atoms with Crippen LogP contribution < -0.4 is 10.2 Å². The second kappa shape index (κ2) is 6.10. The average Bonchev–Trinajstić information content (AvgIpc) is 3.08. The first kappa shape index (κ1) is 15.6. The number of H-pyrrole nitrogens is 1. The maximum atomic E-state index is 12.2. The molecule has 0 bridgehead atoms. The summed E-state index contributed by atoms with van der Waals surface area (Å²) in [5.41, 5.74) is 4.85. The van der Waals surface area contributed by atoms with E-state index in [2.05, 4.69) is 41.3 Å². The van der Waals surface area contributed by atoms with Crippen molar-refractivity contribution in [2.45, 2.75) is 20.8 Å². The van der Waals surface area contributed by atoms with E-state index in [1.54, 1.807) is 6.92 Å². The van der Waals surface area contributed by atoms with E-state index in [1.807, 2.05) is 11.4 Å². The fourth-order valence-electron chi connectivity index (χ4n) is 2.14. The molecule has 0 unspecified atom stereocenters. The highest BCUT2D eigenvalue weighted by atomic mass is 32.1. The van der Waals surface area contributed by atoms with Gasteiger partial charge in [-0.3, -0.25) is 14.9 Å². The van der Waals surface area contributed by atoms with Crippen LogP contribution in [0.5, 0.6) is 0 Å². The molecule has 0 radical (unpaired) electrons. The molecule has 3 rings (SSSR count). The molecule has 0 atom stereocenters. The van der Waals surface area contributed by atoms with Gasteiger partial charge in [0.05, 0.1) is 5.69 Å². The van der Waals surface area contributed by atoms with Gasteiger partial charge in [0.15, 0.2) is 5.13 Å². The maximum absolute atomic E-state index is 12.2. The Hall–Kier alpha value is -2.25. The van der Waals surface area contributed by atoms with E-state index >= 15 is 0 Å². The van der Waals surface area contributed by atoms with E-state index in [1.165, 1.54) is 22.5 Å². The quantitative estimate of drug-likeness (QED) is 0.759.